The Labute approximate surface area is 115 Å². The zero-order valence-electron chi connectivity index (χ0n) is 11.0. The number of aromatic nitrogens is 1. The van der Waals surface area contributed by atoms with Crippen molar-refractivity contribution >= 4 is 28.1 Å². The van der Waals surface area contributed by atoms with Gasteiger partial charge in [-0.25, -0.2) is 4.98 Å². The maximum atomic E-state index is 12.0. The van der Waals surface area contributed by atoms with Crippen molar-refractivity contribution in [1.82, 2.24) is 4.98 Å². The SMILES string of the molecule is COc1ccc(C(=O)Nc2nc(C)c(C)s2)cc1N. The van der Waals surface area contributed by atoms with Gasteiger partial charge in [-0.05, 0) is 32.0 Å². The minimum Gasteiger partial charge on any atom is -0.495 e. The van der Waals surface area contributed by atoms with E-state index in [4.69, 9.17) is 10.5 Å². The minimum atomic E-state index is -0.233. The summed E-state index contributed by atoms with van der Waals surface area (Å²) in [5.74, 6) is 0.320. The molecule has 0 aliphatic rings. The van der Waals surface area contributed by atoms with Crippen LogP contribution in [0.1, 0.15) is 20.9 Å². The second-order valence-corrected chi connectivity index (χ2v) is 5.27. The van der Waals surface area contributed by atoms with E-state index in [1.165, 1.54) is 18.4 Å². The van der Waals surface area contributed by atoms with Crippen LogP contribution in [0, 0.1) is 13.8 Å². The van der Waals surface area contributed by atoms with E-state index in [1.807, 2.05) is 13.8 Å². The molecule has 0 atom stereocenters. The van der Waals surface area contributed by atoms with Crippen molar-refractivity contribution in [2.45, 2.75) is 13.8 Å². The lowest BCUT2D eigenvalue weighted by Crippen LogP contribution is -2.12. The maximum absolute atomic E-state index is 12.0. The number of amides is 1. The van der Waals surface area contributed by atoms with Crippen LogP contribution < -0.4 is 15.8 Å². The smallest absolute Gasteiger partial charge is 0.257 e. The number of hydrogen-bond donors (Lipinski definition) is 2. The Hall–Kier alpha value is -2.08. The van der Waals surface area contributed by atoms with Gasteiger partial charge in [-0.15, -0.1) is 11.3 Å². The molecule has 0 spiro atoms. The number of thiazole rings is 1. The van der Waals surface area contributed by atoms with Crippen molar-refractivity contribution in [2.24, 2.45) is 0 Å². The maximum Gasteiger partial charge on any atom is 0.257 e. The van der Waals surface area contributed by atoms with Gasteiger partial charge in [0.15, 0.2) is 5.13 Å². The van der Waals surface area contributed by atoms with Gasteiger partial charge in [0, 0.05) is 10.4 Å². The van der Waals surface area contributed by atoms with E-state index >= 15 is 0 Å². The molecule has 3 N–H and O–H groups in total. The zero-order chi connectivity index (χ0) is 14.0. The molecule has 1 aromatic heterocycles. The summed E-state index contributed by atoms with van der Waals surface area (Å²) in [4.78, 5) is 17.4. The monoisotopic (exact) mass is 277 g/mol. The Morgan fingerprint density at radius 1 is 1.42 bits per heavy atom. The van der Waals surface area contributed by atoms with Gasteiger partial charge in [-0.3, -0.25) is 10.1 Å². The fourth-order valence-corrected chi connectivity index (χ4v) is 2.38. The van der Waals surface area contributed by atoms with Gasteiger partial charge < -0.3 is 10.5 Å². The van der Waals surface area contributed by atoms with Gasteiger partial charge in [0.1, 0.15) is 5.75 Å². The topological polar surface area (TPSA) is 77.2 Å². The number of rotatable bonds is 3. The molecule has 0 radical (unpaired) electrons. The van der Waals surface area contributed by atoms with Crippen LogP contribution in [0.5, 0.6) is 5.75 Å². The lowest BCUT2D eigenvalue weighted by atomic mass is 10.2. The molecule has 1 amide bonds. The van der Waals surface area contributed by atoms with Crippen molar-refractivity contribution in [3.05, 3.63) is 34.3 Å². The van der Waals surface area contributed by atoms with Crippen LogP contribution in [0.25, 0.3) is 0 Å². The summed E-state index contributed by atoms with van der Waals surface area (Å²) in [6, 6.07) is 4.92. The molecule has 1 aromatic carbocycles. The summed E-state index contributed by atoms with van der Waals surface area (Å²) in [7, 11) is 1.53. The molecule has 0 aliphatic carbocycles. The molecular formula is C13H15N3O2S. The number of anilines is 2. The van der Waals surface area contributed by atoms with Crippen molar-refractivity contribution in [1.29, 1.82) is 0 Å². The highest BCUT2D eigenvalue weighted by Crippen LogP contribution is 2.24. The van der Waals surface area contributed by atoms with Crippen LogP contribution in [-0.2, 0) is 0 Å². The standard InChI is InChI=1S/C13H15N3O2S/c1-7-8(2)19-13(15-7)16-12(17)9-4-5-11(18-3)10(14)6-9/h4-6H,14H2,1-3H3,(H,15,16,17). The number of aryl methyl sites for hydroxylation is 2. The first-order valence-corrected chi connectivity index (χ1v) is 6.52. The van der Waals surface area contributed by atoms with Gasteiger partial charge in [-0.2, -0.15) is 0 Å². The van der Waals surface area contributed by atoms with Crippen molar-refractivity contribution < 1.29 is 9.53 Å². The Morgan fingerprint density at radius 2 is 2.16 bits per heavy atom. The first-order valence-electron chi connectivity index (χ1n) is 5.70. The van der Waals surface area contributed by atoms with Crippen molar-refractivity contribution in [3.8, 4) is 5.75 Å². The third kappa shape index (κ3) is 2.85. The van der Waals surface area contributed by atoms with E-state index in [0.717, 1.165) is 10.6 Å². The molecule has 5 nitrogen and oxygen atoms in total. The average Bonchev–Trinajstić information content (AvgIpc) is 2.68. The molecular weight excluding hydrogens is 262 g/mol. The van der Waals surface area contributed by atoms with Gasteiger partial charge in [-0.1, -0.05) is 0 Å². The van der Waals surface area contributed by atoms with E-state index in [2.05, 4.69) is 10.3 Å². The molecule has 2 rings (SSSR count). The Morgan fingerprint density at radius 3 is 2.68 bits per heavy atom. The number of benzene rings is 1. The average molecular weight is 277 g/mol. The molecule has 0 fully saturated rings. The van der Waals surface area contributed by atoms with Crippen LogP contribution >= 0.6 is 11.3 Å². The predicted molar refractivity (Wildman–Crippen MR) is 76.9 cm³/mol. The van der Waals surface area contributed by atoms with Crippen LogP contribution in [0.15, 0.2) is 18.2 Å². The Kier molecular flexibility index (Phi) is 3.71. The summed E-state index contributed by atoms with van der Waals surface area (Å²) < 4.78 is 5.05. The summed E-state index contributed by atoms with van der Waals surface area (Å²) in [5.41, 5.74) is 7.61. The molecule has 0 bridgehead atoms. The van der Waals surface area contributed by atoms with E-state index in [0.29, 0.717) is 22.1 Å². The molecule has 0 saturated heterocycles. The van der Waals surface area contributed by atoms with E-state index in [-0.39, 0.29) is 5.91 Å². The number of nitrogens with zero attached hydrogens (tertiary/aromatic N) is 1. The minimum absolute atomic E-state index is 0.233. The van der Waals surface area contributed by atoms with E-state index < -0.39 is 0 Å². The summed E-state index contributed by atoms with van der Waals surface area (Å²) in [6.07, 6.45) is 0. The van der Waals surface area contributed by atoms with Gasteiger partial charge in [0.05, 0.1) is 18.5 Å². The van der Waals surface area contributed by atoms with Crippen LogP contribution in [-0.4, -0.2) is 18.0 Å². The lowest BCUT2D eigenvalue weighted by molar-refractivity contribution is 0.102. The molecule has 0 unspecified atom stereocenters. The van der Waals surface area contributed by atoms with Crippen LogP contribution in [0.2, 0.25) is 0 Å². The number of carbonyl (C=O) groups is 1. The van der Waals surface area contributed by atoms with Crippen molar-refractivity contribution in [3.63, 3.8) is 0 Å². The predicted octanol–water partition coefficient (Wildman–Crippen LogP) is 2.60. The van der Waals surface area contributed by atoms with Crippen LogP contribution in [0.4, 0.5) is 10.8 Å². The normalized spacial score (nSPS) is 10.3. The van der Waals surface area contributed by atoms with E-state index in [9.17, 15) is 4.79 Å². The van der Waals surface area contributed by atoms with Crippen molar-refractivity contribution in [2.75, 3.05) is 18.2 Å². The molecule has 19 heavy (non-hydrogen) atoms. The Bertz CT molecular complexity index is 603. The molecule has 100 valence electrons. The fourth-order valence-electron chi connectivity index (χ4n) is 1.57. The number of methoxy groups -OCH3 is 1. The molecule has 2 aromatic rings. The number of carbonyl (C=O) groups excluding carboxylic acids is 1. The second-order valence-electron chi connectivity index (χ2n) is 4.07. The number of ether oxygens (including phenoxy) is 1. The fraction of sp³-hybridized carbons (Fsp3) is 0.231. The summed E-state index contributed by atoms with van der Waals surface area (Å²) in [6.45, 7) is 3.88. The van der Waals surface area contributed by atoms with Gasteiger partial charge in [0.2, 0.25) is 0 Å². The number of nitrogens with one attached hydrogen (secondary N) is 1. The number of hydrogen-bond acceptors (Lipinski definition) is 5. The summed E-state index contributed by atoms with van der Waals surface area (Å²) >= 11 is 1.45. The highest BCUT2D eigenvalue weighted by Gasteiger charge is 2.11. The molecule has 6 heteroatoms. The van der Waals surface area contributed by atoms with Gasteiger partial charge >= 0.3 is 0 Å². The third-order valence-electron chi connectivity index (χ3n) is 2.74. The quantitative estimate of drug-likeness (QED) is 0.845. The molecule has 0 saturated carbocycles. The largest absolute Gasteiger partial charge is 0.495 e. The zero-order valence-corrected chi connectivity index (χ0v) is 11.8. The third-order valence-corrected chi connectivity index (χ3v) is 3.73. The second kappa shape index (κ2) is 5.27. The highest BCUT2D eigenvalue weighted by molar-refractivity contribution is 7.15. The number of nitrogens with two attached hydrogens (primary N) is 1. The summed E-state index contributed by atoms with van der Waals surface area (Å²) in [5, 5.41) is 3.35. The first kappa shape index (κ1) is 13.4. The van der Waals surface area contributed by atoms with Gasteiger partial charge in [0.25, 0.3) is 5.91 Å². The Balaban J connectivity index is 2.18. The lowest BCUT2D eigenvalue weighted by Gasteiger charge is -2.06. The molecule has 0 aliphatic heterocycles. The highest BCUT2D eigenvalue weighted by atomic mass is 32.1. The first-order chi connectivity index (χ1) is 9.01. The number of nitrogen functional groups attached to an aromatic ring is 1. The molecule has 1 heterocycles. The van der Waals surface area contributed by atoms with E-state index in [1.54, 1.807) is 18.2 Å². The van der Waals surface area contributed by atoms with Crippen LogP contribution in [0.3, 0.4) is 0 Å².